The lowest BCUT2D eigenvalue weighted by Gasteiger charge is -2.18. The van der Waals surface area contributed by atoms with Crippen molar-refractivity contribution in [2.24, 2.45) is 0 Å². The van der Waals surface area contributed by atoms with E-state index in [0.717, 1.165) is 0 Å². The lowest BCUT2D eigenvalue weighted by molar-refractivity contribution is -0.122. The van der Waals surface area contributed by atoms with Crippen LogP contribution in [0.25, 0.3) is 0 Å². The maximum Gasteiger partial charge on any atom is 0.251 e. The Bertz CT molecular complexity index is 953. The van der Waals surface area contributed by atoms with E-state index in [1.165, 1.54) is 12.1 Å². The largest absolute Gasteiger partial charge is 0.341 e. The van der Waals surface area contributed by atoms with Crippen LogP contribution in [0.4, 0.5) is 22.0 Å². The number of nitriles is 1. The van der Waals surface area contributed by atoms with Gasteiger partial charge in [0.15, 0.2) is 23.3 Å². The van der Waals surface area contributed by atoms with E-state index < -0.39 is 58.3 Å². The van der Waals surface area contributed by atoms with Crippen LogP contribution < -0.4 is 10.6 Å². The van der Waals surface area contributed by atoms with Crippen molar-refractivity contribution in [3.63, 3.8) is 0 Å². The second-order valence-corrected chi connectivity index (χ2v) is 6.86. The van der Waals surface area contributed by atoms with E-state index in [2.05, 4.69) is 10.6 Å². The predicted octanol–water partition coefficient (Wildman–Crippen LogP) is 3.05. The van der Waals surface area contributed by atoms with Crippen LogP contribution in [-0.4, -0.2) is 30.2 Å². The second kappa shape index (κ2) is 10.6. The Morgan fingerprint density at radius 3 is 2.10 bits per heavy atom. The van der Waals surface area contributed by atoms with Gasteiger partial charge in [0.05, 0.1) is 6.07 Å². The number of nitrogens with zero attached hydrogens (tertiary/aromatic N) is 1. The molecule has 0 bridgehead atoms. The molecule has 2 N–H and O–H groups in total. The number of carbonyl (C=O) groups excluding carboxylic acids is 2. The first-order valence-electron chi connectivity index (χ1n) is 8.36. The zero-order chi connectivity index (χ0) is 22.3. The fourth-order valence-electron chi connectivity index (χ4n) is 2.32. The molecule has 2 aromatic carbocycles. The van der Waals surface area contributed by atoms with Gasteiger partial charge in [-0.3, -0.25) is 9.59 Å². The van der Waals surface area contributed by atoms with Crippen molar-refractivity contribution in [3.05, 3.63) is 70.5 Å². The molecule has 0 aliphatic carbocycles. The third-order valence-corrected chi connectivity index (χ3v) is 4.89. The third-order valence-electron chi connectivity index (χ3n) is 3.83. The summed E-state index contributed by atoms with van der Waals surface area (Å²) in [6.07, 6.45) is 0. The van der Waals surface area contributed by atoms with Gasteiger partial charge < -0.3 is 10.6 Å². The molecule has 0 saturated carbocycles. The Morgan fingerprint density at radius 1 is 0.967 bits per heavy atom. The average molecular weight is 443 g/mol. The molecule has 158 valence electrons. The zero-order valence-electron chi connectivity index (χ0n) is 15.1. The first kappa shape index (κ1) is 23.2. The molecule has 0 heterocycles. The first-order valence-corrected chi connectivity index (χ1v) is 9.52. The fourth-order valence-corrected chi connectivity index (χ4v) is 3.37. The van der Waals surface area contributed by atoms with Gasteiger partial charge in [-0.25, -0.2) is 22.0 Å². The molecule has 1 atom stereocenters. The molecule has 11 heteroatoms. The normalized spacial score (nSPS) is 11.5. The number of halogens is 5. The minimum absolute atomic E-state index is 0.236. The molecule has 0 saturated heterocycles. The highest BCUT2D eigenvalue weighted by Crippen LogP contribution is 2.26. The van der Waals surface area contributed by atoms with Crippen molar-refractivity contribution in [2.45, 2.75) is 11.8 Å². The van der Waals surface area contributed by atoms with Crippen LogP contribution in [0.3, 0.4) is 0 Å². The van der Waals surface area contributed by atoms with Crippen LogP contribution in [0.1, 0.15) is 15.9 Å². The Balaban J connectivity index is 2.13. The number of hydrogen-bond acceptors (Lipinski definition) is 4. The number of benzene rings is 2. The minimum Gasteiger partial charge on any atom is -0.341 e. The summed E-state index contributed by atoms with van der Waals surface area (Å²) in [5.41, 5.74) is -0.803. The summed E-state index contributed by atoms with van der Waals surface area (Å²) < 4.78 is 67.2. The van der Waals surface area contributed by atoms with Crippen LogP contribution >= 0.6 is 11.8 Å². The van der Waals surface area contributed by atoms with E-state index >= 15 is 0 Å². The smallest absolute Gasteiger partial charge is 0.251 e. The third kappa shape index (κ3) is 5.48. The summed E-state index contributed by atoms with van der Waals surface area (Å²) in [5.74, 6) is -12.6. The number of rotatable bonds is 8. The van der Waals surface area contributed by atoms with Crippen LogP contribution in [0, 0.1) is 40.4 Å². The van der Waals surface area contributed by atoms with E-state index in [1.807, 2.05) is 0 Å². The van der Waals surface area contributed by atoms with Gasteiger partial charge in [0.2, 0.25) is 11.7 Å². The van der Waals surface area contributed by atoms with E-state index in [1.54, 1.807) is 24.3 Å². The number of nitrogens with one attached hydrogen (secondary N) is 2. The minimum atomic E-state index is -2.26. The Kier molecular flexibility index (Phi) is 8.17. The summed E-state index contributed by atoms with van der Waals surface area (Å²) in [7, 11) is 0. The Hall–Kier alpha value is -3.13. The van der Waals surface area contributed by atoms with E-state index in [0.29, 0.717) is 11.8 Å². The molecule has 0 aliphatic rings. The summed E-state index contributed by atoms with van der Waals surface area (Å²) in [4.78, 5) is 24.5. The molecule has 0 spiro atoms. The first-order chi connectivity index (χ1) is 14.3. The highest BCUT2D eigenvalue weighted by molar-refractivity contribution is 7.98. The SMILES string of the molecule is N#CCNC(=O)C(CSCc1c(F)c(F)c(F)c(F)c1F)NC(=O)c1ccccc1. The van der Waals surface area contributed by atoms with Gasteiger partial charge >= 0.3 is 0 Å². The number of hydrogen-bond donors (Lipinski definition) is 2. The van der Waals surface area contributed by atoms with E-state index in [4.69, 9.17) is 5.26 Å². The molecule has 0 radical (unpaired) electrons. The highest BCUT2D eigenvalue weighted by atomic mass is 32.2. The van der Waals surface area contributed by atoms with Crippen molar-refractivity contribution in [3.8, 4) is 6.07 Å². The van der Waals surface area contributed by atoms with Gasteiger partial charge in [-0.15, -0.1) is 0 Å². The molecule has 2 rings (SSSR count). The van der Waals surface area contributed by atoms with Gasteiger partial charge in [-0.1, -0.05) is 18.2 Å². The summed E-state index contributed by atoms with van der Waals surface area (Å²) in [6, 6.07) is 8.30. The van der Waals surface area contributed by atoms with Gasteiger partial charge in [-0.2, -0.15) is 17.0 Å². The predicted molar refractivity (Wildman–Crippen MR) is 98.7 cm³/mol. The zero-order valence-corrected chi connectivity index (χ0v) is 16.0. The molecule has 2 aromatic rings. The maximum absolute atomic E-state index is 13.8. The highest BCUT2D eigenvalue weighted by Gasteiger charge is 2.27. The molecule has 5 nitrogen and oxygen atoms in total. The van der Waals surface area contributed by atoms with Crippen LogP contribution in [0.5, 0.6) is 0 Å². The van der Waals surface area contributed by atoms with Crippen molar-refractivity contribution in [2.75, 3.05) is 12.3 Å². The average Bonchev–Trinajstić information content (AvgIpc) is 2.76. The lowest BCUT2D eigenvalue weighted by Crippen LogP contribution is -2.48. The number of carbonyl (C=O) groups is 2. The number of thioether (sulfide) groups is 1. The van der Waals surface area contributed by atoms with Gasteiger partial charge in [0.1, 0.15) is 12.6 Å². The summed E-state index contributed by atoms with van der Waals surface area (Å²) in [5, 5.41) is 13.2. The molecule has 0 fully saturated rings. The van der Waals surface area contributed by atoms with Crippen LogP contribution in [0.2, 0.25) is 0 Å². The molecule has 30 heavy (non-hydrogen) atoms. The summed E-state index contributed by atoms with van der Waals surface area (Å²) >= 11 is 0.671. The van der Waals surface area contributed by atoms with E-state index in [9.17, 15) is 31.5 Å². The quantitative estimate of drug-likeness (QED) is 0.284. The second-order valence-electron chi connectivity index (χ2n) is 5.83. The fraction of sp³-hybridized carbons (Fsp3) is 0.211. The van der Waals surface area contributed by atoms with Crippen molar-refractivity contribution in [1.82, 2.24) is 10.6 Å². The Labute approximate surface area is 172 Å². The van der Waals surface area contributed by atoms with Gasteiger partial charge in [-0.05, 0) is 12.1 Å². The number of amides is 2. The Morgan fingerprint density at radius 2 is 1.53 bits per heavy atom. The topological polar surface area (TPSA) is 82.0 Å². The van der Waals surface area contributed by atoms with Crippen LogP contribution in [-0.2, 0) is 10.5 Å². The van der Waals surface area contributed by atoms with Crippen molar-refractivity contribution in [1.29, 1.82) is 5.26 Å². The van der Waals surface area contributed by atoms with Gasteiger partial charge in [0.25, 0.3) is 5.91 Å². The molecular weight excluding hydrogens is 429 g/mol. The molecule has 2 amide bonds. The van der Waals surface area contributed by atoms with E-state index in [-0.39, 0.29) is 17.9 Å². The molecule has 0 aliphatic heterocycles. The monoisotopic (exact) mass is 443 g/mol. The molecule has 0 aromatic heterocycles. The summed E-state index contributed by atoms with van der Waals surface area (Å²) in [6.45, 7) is -0.348. The maximum atomic E-state index is 13.8. The van der Waals surface area contributed by atoms with Crippen molar-refractivity contribution >= 4 is 23.6 Å². The molecular formula is C19H14F5N3O2S. The lowest BCUT2D eigenvalue weighted by atomic mass is 10.2. The molecule has 1 unspecified atom stereocenters. The standard InChI is InChI=1S/C19H14F5N3O2S/c20-13-11(14(21)16(23)17(24)15(13)22)8-30-9-12(19(29)26-7-6-25)27-18(28)10-4-2-1-3-5-10/h1-5,12H,7-9H2,(H,26,29)(H,27,28). The van der Waals surface area contributed by atoms with Crippen molar-refractivity contribution < 1.29 is 31.5 Å². The van der Waals surface area contributed by atoms with Crippen LogP contribution in [0.15, 0.2) is 30.3 Å². The van der Waals surface area contributed by atoms with Gasteiger partial charge in [0, 0.05) is 22.6 Å².